The monoisotopic (exact) mass is 719 g/mol. The third kappa shape index (κ3) is 12.4. The van der Waals surface area contributed by atoms with Crippen molar-refractivity contribution in [2.45, 2.75) is 38.1 Å². The van der Waals surface area contributed by atoms with E-state index in [4.69, 9.17) is 28.4 Å². The van der Waals surface area contributed by atoms with Crippen molar-refractivity contribution < 1.29 is 52.4 Å². The Bertz CT molecular complexity index is 1680. The Morgan fingerprint density at radius 2 is 1.56 bits per heavy atom. The lowest BCUT2D eigenvalue weighted by atomic mass is 10.0. The Balaban J connectivity index is 1.05. The highest BCUT2D eigenvalue weighted by atomic mass is 16.5. The van der Waals surface area contributed by atoms with Crippen LogP contribution in [0.15, 0.2) is 60.7 Å². The molecule has 3 aromatic carbocycles. The maximum Gasteiger partial charge on any atom is 0.258 e. The van der Waals surface area contributed by atoms with Gasteiger partial charge in [0.1, 0.15) is 24.1 Å². The van der Waals surface area contributed by atoms with Crippen LogP contribution < -0.4 is 34.9 Å². The maximum absolute atomic E-state index is 13.0. The predicted molar refractivity (Wildman–Crippen MR) is 189 cm³/mol. The molecule has 4 rings (SSSR count). The molecule has 0 radical (unpaired) electrons. The third-order valence-corrected chi connectivity index (χ3v) is 8.03. The second-order valence-electron chi connectivity index (χ2n) is 11.7. The molecule has 3 aromatic rings. The quantitative estimate of drug-likeness (QED) is 0.0791. The number of nitrogens with one attached hydrogen (secondary N) is 3. The lowest BCUT2D eigenvalue weighted by Gasteiger charge is -2.22. The highest BCUT2D eigenvalue weighted by molar-refractivity contribution is 6.07. The van der Waals surface area contributed by atoms with E-state index in [1.165, 1.54) is 12.1 Å². The molecular weight excluding hydrogens is 674 g/mol. The topological polar surface area (TPSA) is 177 Å². The molecule has 1 atom stereocenters. The highest BCUT2D eigenvalue weighted by Gasteiger charge is 2.29. The number of amides is 4. The van der Waals surface area contributed by atoms with Crippen molar-refractivity contribution in [1.82, 2.24) is 16.0 Å². The van der Waals surface area contributed by atoms with Crippen molar-refractivity contribution in [3.63, 3.8) is 0 Å². The standard InChI is InChI=1S/C38H45N3O11/c1-47-31-14-12-27(23-33(31)48-2)7-3-6-26-8-4-10-29(22-26)52-25-35(44)39-16-17-49-18-19-50-20-21-51-32-11-5-9-28(24-42)36(32)38(46)40-30-13-15-34(43)41-37(30)45/h4-5,8-12,14,22-24,30H,3,6-7,13,15-21,25H2,1-2H3,(H,39,44)(H,40,46)(H,41,43,45). The molecule has 1 unspecified atom stereocenters. The number of aryl methyl sites for hydroxylation is 2. The van der Waals surface area contributed by atoms with E-state index in [0.717, 1.165) is 30.4 Å². The number of aldehydes is 1. The summed E-state index contributed by atoms with van der Waals surface area (Å²) in [6, 6.07) is 17.3. The van der Waals surface area contributed by atoms with Gasteiger partial charge < -0.3 is 39.1 Å². The summed E-state index contributed by atoms with van der Waals surface area (Å²) in [6.45, 7) is 1.28. The van der Waals surface area contributed by atoms with Gasteiger partial charge in [0.25, 0.3) is 11.8 Å². The van der Waals surface area contributed by atoms with Crippen molar-refractivity contribution in [2.24, 2.45) is 0 Å². The number of hydrogen-bond donors (Lipinski definition) is 3. The zero-order chi connectivity index (χ0) is 37.1. The van der Waals surface area contributed by atoms with E-state index >= 15 is 0 Å². The van der Waals surface area contributed by atoms with E-state index in [0.29, 0.717) is 30.1 Å². The van der Waals surface area contributed by atoms with Crippen LogP contribution in [0, 0.1) is 0 Å². The lowest BCUT2D eigenvalue weighted by Crippen LogP contribution is -2.52. The van der Waals surface area contributed by atoms with Crippen LogP contribution in [0.3, 0.4) is 0 Å². The van der Waals surface area contributed by atoms with Gasteiger partial charge in [-0.1, -0.05) is 30.3 Å². The summed E-state index contributed by atoms with van der Waals surface area (Å²) >= 11 is 0. The molecule has 0 saturated carbocycles. The van der Waals surface area contributed by atoms with Crippen molar-refractivity contribution in [2.75, 3.05) is 60.4 Å². The Labute approximate surface area is 302 Å². The largest absolute Gasteiger partial charge is 0.493 e. The fraction of sp³-hybridized carbons (Fsp3) is 0.395. The van der Waals surface area contributed by atoms with Crippen LogP contribution in [-0.2, 0) is 36.7 Å². The maximum atomic E-state index is 13.0. The fourth-order valence-corrected chi connectivity index (χ4v) is 5.39. The number of ether oxygens (including phenoxy) is 6. The van der Waals surface area contributed by atoms with Gasteiger partial charge in [0.2, 0.25) is 11.8 Å². The number of carbonyl (C=O) groups is 5. The summed E-state index contributed by atoms with van der Waals surface area (Å²) in [7, 11) is 3.24. The molecule has 1 fully saturated rings. The molecule has 0 aromatic heterocycles. The smallest absolute Gasteiger partial charge is 0.258 e. The molecule has 14 heteroatoms. The van der Waals surface area contributed by atoms with Gasteiger partial charge >= 0.3 is 0 Å². The Hall–Kier alpha value is -5.47. The van der Waals surface area contributed by atoms with Crippen LogP contribution >= 0.6 is 0 Å². The minimum atomic E-state index is -0.898. The molecule has 0 aliphatic carbocycles. The van der Waals surface area contributed by atoms with Crippen LogP contribution in [-0.4, -0.2) is 96.4 Å². The van der Waals surface area contributed by atoms with Crippen molar-refractivity contribution in [1.29, 1.82) is 0 Å². The number of rotatable bonds is 22. The second-order valence-corrected chi connectivity index (χ2v) is 11.7. The fourth-order valence-electron chi connectivity index (χ4n) is 5.39. The summed E-state index contributed by atoms with van der Waals surface area (Å²) in [6.07, 6.45) is 3.46. The molecule has 0 spiro atoms. The number of benzene rings is 3. The first-order valence-electron chi connectivity index (χ1n) is 17.0. The number of carbonyl (C=O) groups excluding carboxylic acids is 5. The molecule has 278 valence electrons. The summed E-state index contributed by atoms with van der Waals surface area (Å²) < 4.78 is 33.1. The number of imide groups is 1. The molecule has 14 nitrogen and oxygen atoms in total. The molecule has 0 bridgehead atoms. The van der Waals surface area contributed by atoms with Crippen LogP contribution in [0.5, 0.6) is 23.0 Å². The van der Waals surface area contributed by atoms with Crippen LogP contribution in [0.1, 0.15) is 51.1 Å². The van der Waals surface area contributed by atoms with E-state index in [-0.39, 0.29) is 75.3 Å². The van der Waals surface area contributed by atoms with E-state index < -0.39 is 23.8 Å². The van der Waals surface area contributed by atoms with E-state index in [1.54, 1.807) is 20.3 Å². The van der Waals surface area contributed by atoms with Gasteiger partial charge in [-0.2, -0.15) is 0 Å². The molecule has 1 aliphatic rings. The van der Waals surface area contributed by atoms with Gasteiger partial charge in [0, 0.05) is 18.5 Å². The van der Waals surface area contributed by atoms with E-state index in [1.807, 2.05) is 42.5 Å². The van der Waals surface area contributed by atoms with Crippen LogP contribution in [0.2, 0.25) is 0 Å². The highest BCUT2D eigenvalue weighted by Crippen LogP contribution is 2.28. The van der Waals surface area contributed by atoms with Crippen LogP contribution in [0.25, 0.3) is 0 Å². The van der Waals surface area contributed by atoms with E-state index in [9.17, 15) is 24.0 Å². The van der Waals surface area contributed by atoms with Crippen LogP contribution in [0.4, 0.5) is 0 Å². The molecule has 1 heterocycles. The van der Waals surface area contributed by atoms with Gasteiger partial charge in [-0.15, -0.1) is 0 Å². The lowest BCUT2D eigenvalue weighted by molar-refractivity contribution is -0.134. The molecule has 4 amide bonds. The zero-order valence-corrected chi connectivity index (χ0v) is 29.4. The average molecular weight is 720 g/mol. The van der Waals surface area contributed by atoms with Gasteiger partial charge in [0.05, 0.1) is 46.2 Å². The number of methoxy groups -OCH3 is 2. The Morgan fingerprint density at radius 1 is 0.827 bits per heavy atom. The van der Waals surface area contributed by atoms with Gasteiger partial charge in [0.15, 0.2) is 24.4 Å². The minimum Gasteiger partial charge on any atom is -0.493 e. The van der Waals surface area contributed by atoms with Gasteiger partial charge in [-0.25, -0.2) is 0 Å². The number of hydrogen-bond acceptors (Lipinski definition) is 11. The Morgan fingerprint density at radius 3 is 2.31 bits per heavy atom. The number of piperidine rings is 1. The second kappa shape index (κ2) is 21.0. The average Bonchev–Trinajstić information content (AvgIpc) is 3.15. The van der Waals surface area contributed by atoms with Gasteiger partial charge in [-0.05, 0) is 67.1 Å². The van der Waals surface area contributed by atoms with Crippen molar-refractivity contribution in [3.05, 3.63) is 82.9 Å². The summed E-state index contributed by atoms with van der Waals surface area (Å²) in [4.78, 5) is 60.3. The summed E-state index contributed by atoms with van der Waals surface area (Å²) in [5.41, 5.74) is 2.37. The molecule has 52 heavy (non-hydrogen) atoms. The zero-order valence-electron chi connectivity index (χ0n) is 29.4. The van der Waals surface area contributed by atoms with Crippen molar-refractivity contribution >= 4 is 29.9 Å². The summed E-state index contributed by atoms with van der Waals surface area (Å²) in [5.74, 6) is 0.267. The minimum absolute atomic E-state index is 0.00916. The predicted octanol–water partition coefficient (Wildman–Crippen LogP) is 2.83. The molecule has 1 saturated heterocycles. The third-order valence-electron chi connectivity index (χ3n) is 8.03. The first-order valence-corrected chi connectivity index (χ1v) is 17.0. The normalized spacial score (nSPS) is 13.8. The molecule has 1 aliphatic heterocycles. The Kier molecular flexibility index (Phi) is 15.9. The first kappa shape index (κ1) is 39.3. The summed E-state index contributed by atoms with van der Waals surface area (Å²) in [5, 5.41) is 7.50. The SMILES string of the molecule is COc1ccc(CCCc2cccc(OCC(=O)NCCOCCOCCOc3cccc(C=O)c3C(=O)NC3CCC(=O)NC3=O)c2)cc1OC. The first-order chi connectivity index (χ1) is 25.3. The van der Waals surface area contributed by atoms with Crippen molar-refractivity contribution in [3.8, 4) is 23.0 Å². The molecular formula is C38H45N3O11. The van der Waals surface area contributed by atoms with E-state index in [2.05, 4.69) is 16.0 Å². The molecule has 3 N–H and O–H groups in total. The van der Waals surface area contributed by atoms with Gasteiger partial charge in [-0.3, -0.25) is 29.3 Å².